The summed E-state index contributed by atoms with van der Waals surface area (Å²) in [7, 11) is 0. The summed E-state index contributed by atoms with van der Waals surface area (Å²) in [6, 6.07) is 4.38. The first-order valence-corrected chi connectivity index (χ1v) is 6.30. The second kappa shape index (κ2) is 4.30. The normalized spacial score (nSPS) is 24.3. The summed E-state index contributed by atoms with van der Waals surface area (Å²) >= 11 is 0. The lowest BCUT2D eigenvalue weighted by atomic mass is 9.78. The summed E-state index contributed by atoms with van der Waals surface area (Å²) in [6.45, 7) is 7.77. The van der Waals surface area contributed by atoms with Gasteiger partial charge in [0.25, 0.3) is 0 Å². The highest BCUT2D eigenvalue weighted by Gasteiger charge is 2.22. The number of rotatable bonds is 2. The van der Waals surface area contributed by atoms with Gasteiger partial charge in [-0.3, -0.25) is 0 Å². The van der Waals surface area contributed by atoms with Crippen molar-refractivity contribution in [3.8, 4) is 0 Å². The van der Waals surface area contributed by atoms with Crippen LogP contribution in [0.15, 0.2) is 61.7 Å². The van der Waals surface area contributed by atoms with E-state index in [4.69, 9.17) is 0 Å². The minimum Gasteiger partial charge on any atom is -0.102 e. The maximum absolute atomic E-state index is 3.96. The van der Waals surface area contributed by atoms with Crippen LogP contribution in [-0.2, 0) is 0 Å². The molecule has 0 nitrogen and oxygen atoms in total. The van der Waals surface area contributed by atoms with Gasteiger partial charge in [0.05, 0.1) is 0 Å². The van der Waals surface area contributed by atoms with Crippen LogP contribution < -0.4 is 10.4 Å². The first-order valence-electron chi connectivity index (χ1n) is 6.30. The lowest BCUT2D eigenvalue weighted by molar-refractivity contribution is 0.908. The molecular weight excluding hydrogens is 216 g/mol. The molecule has 0 aromatic heterocycles. The standard InChI is InChI=1S/C18H16/c1-3-6-14-11-12-16-8-5-7-15-10-9-13(4-2)17(14)18(15)16/h3-13,15H,1-2H2/b14-6-. The van der Waals surface area contributed by atoms with E-state index in [1.165, 1.54) is 21.6 Å². The fraction of sp³-hybridized carbons (Fsp3) is 0.111. The van der Waals surface area contributed by atoms with Crippen molar-refractivity contribution in [1.29, 1.82) is 0 Å². The van der Waals surface area contributed by atoms with Crippen molar-refractivity contribution in [2.24, 2.45) is 0 Å². The van der Waals surface area contributed by atoms with Crippen molar-refractivity contribution in [3.63, 3.8) is 0 Å². The van der Waals surface area contributed by atoms with Crippen LogP contribution in [0.2, 0.25) is 0 Å². The van der Waals surface area contributed by atoms with Crippen molar-refractivity contribution in [1.82, 2.24) is 0 Å². The van der Waals surface area contributed by atoms with Crippen LogP contribution in [0.25, 0.3) is 12.2 Å². The average Bonchev–Trinajstić information content (AvgIpc) is 2.42. The van der Waals surface area contributed by atoms with Gasteiger partial charge in [0.1, 0.15) is 0 Å². The smallest absolute Gasteiger partial charge is 0.0211 e. The number of hydrogen-bond acceptors (Lipinski definition) is 0. The molecule has 0 radical (unpaired) electrons. The highest BCUT2D eigenvalue weighted by Crippen LogP contribution is 2.32. The molecule has 0 saturated heterocycles. The minimum absolute atomic E-state index is 0.308. The van der Waals surface area contributed by atoms with Crippen molar-refractivity contribution < 1.29 is 0 Å². The molecule has 3 rings (SSSR count). The third kappa shape index (κ3) is 1.53. The summed E-state index contributed by atoms with van der Waals surface area (Å²) in [6.07, 6.45) is 17.1. The predicted molar refractivity (Wildman–Crippen MR) is 78.8 cm³/mol. The minimum atomic E-state index is 0.308. The van der Waals surface area contributed by atoms with E-state index in [2.05, 4.69) is 61.7 Å². The molecule has 0 aliphatic heterocycles. The molecule has 18 heavy (non-hydrogen) atoms. The van der Waals surface area contributed by atoms with E-state index in [-0.39, 0.29) is 0 Å². The first-order chi connectivity index (χ1) is 8.85. The van der Waals surface area contributed by atoms with Crippen LogP contribution in [0.3, 0.4) is 0 Å². The molecule has 88 valence electrons. The maximum Gasteiger partial charge on any atom is 0.0211 e. The fourth-order valence-electron chi connectivity index (χ4n) is 2.90. The van der Waals surface area contributed by atoms with E-state index in [1.807, 2.05) is 12.2 Å². The highest BCUT2D eigenvalue weighted by molar-refractivity contribution is 5.57. The SMILES string of the molecule is C=C/C=c1/ccc2c3c1C(C=C)C=CC3C=CC=2. The molecular formula is C18H16. The molecule has 0 heteroatoms. The molecule has 2 aliphatic rings. The Labute approximate surface area is 108 Å². The third-order valence-electron chi connectivity index (χ3n) is 3.69. The van der Waals surface area contributed by atoms with Crippen molar-refractivity contribution >= 4 is 12.2 Å². The lowest BCUT2D eigenvalue weighted by Crippen LogP contribution is -2.27. The largest absolute Gasteiger partial charge is 0.102 e. The maximum atomic E-state index is 3.96. The van der Waals surface area contributed by atoms with Gasteiger partial charge in [0.15, 0.2) is 0 Å². The Bertz CT molecular complexity index is 683. The van der Waals surface area contributed by atoms with E-state index in [0.29, 0.717) is 11.8 Å². The molecule has 0 spiro atoms. The van der Waals surface area contributed by atoms with Crippen LogP contribution in [0, 0.1) is 0 Å². The Morgan fingerprint density at radius 1 is 1.00 bits per heavy atom. The van der Waals surface area contributed by atoms with E-state index < -0.39 is 0 Å². The summed E-state index contributed by atoms with van der Waals surface area (Å²) in [4.78, 5) is 0. The quantitative estimate of drug-likeness (QED) is 0.688. The topological polar surface area (TPSA) is 0 Å². The zero-order chi connectivity index (χ0) is 12.5. The summed E-state index contributed by atoms with van der Waals surface area (Å²) in [5, 5.41) is 2.58. The number of benzene rings is 1. The van der Waals surface area contributed by atoms with Gasteiger partial charge in [0, 0.05) is 11.8 Å². The van der Waals surface area contributed by atoms with Gasteiger partial charge in [-0.25, -0.2) is 0 Å². The molecule has 0 heterocycles. The molecule has 1 aromatic carbocycles. The molecule has 0 N–H and O–H groups in total. The van der Waals surface area contributed by atoms with Crippen LogP contribution in [0.5, 0.6) is 0 Å². The molecule has 0 fully saturated rings. The Balaban J connectivity index is 2.43. The highest BCUT2D eigenvalue weighted by atomic mass is 14.3. The van der Waals surface area contributed by atoms with Gasteiger partial charge >= 0.3 is 0 Å². The number of hydrogen-bond donors (Lipinski definition) is 0. The van der Waals surface area contributed by atoms with Crippen LogP contribution in [0.4, 0.5) is 0 Å². The van der Waals surface area contributed by atoms with Crippen molar-refractivity contribution in [2.75, 3.05) is 0 Å². The van der Waals surface area contributed by atoms with Gasteiger partial charge in [-0.15, -0.1) is 6.58 Å². The molecule has 0 saturated carbocycles. The third-order valence-corrected chi connectivity index (χ3v) is 3.69. The second-order valence-electron chi connectivity index (χ2n) is 4.70. The fourth-order valence-corrected chi connectivity index (χ4v) is 2.90. The summed E-state index contributed by atoms with van der Waals surface area (Å²) in [5.74, 6) is 0.719. The number of allylic oxidation sites excluding steroid dienone is 6. The summed E-state index contributed by atoms with van der Waals surface area (Å²) < 4.78 is 0. The van der Waals surface area contributed by atoms with Crippen LogP contribution in [0.1, 0.15) is 23.0 Å². The van der Waals surface area contributed by atoms with Gasteiger partial charge < -0.3 is 0 Å². The lowest BCUT2D eigenvalue weighted by Gasteiger charge is -2.26. The van der Waals surface area contributed by atoms with Gasteiger partial charge in [-0.1, -0.05) is 67.3 Å². The Morgan fingerprint density at radius 2 is 1.89 bits per heavy atom. The molecule has 2 aliphatic carbocycles. The monoisotopic (exact) mass is 232 g/mol. The van der Waals surface area contributed by atoms with Gasteiger partial charge in [-0.2, -0.15) is 0 Å². The van der Waals surface area contributed by atoms with E-state index in [9.17, 15) is 0 Å². The van der Waals surface area contributed by atoms with E-state index in [1.54, 1.807) is 0 Å². The van der Waals surface area contributed by atoms with E-state index >= 15 is 0 Å². The van der Waals surface area contributed by atoms with Gasteiger partial charge in [0.2, 0.25) is 0 Å². The zero-order valence-electron chi connectivity index (χ0n) is 10.3. The van der Waals surface area contributed by atoms with E-state index in [0.717, 1.165) is 0 Å². The van der Waals surface area contributed by atoms with Crippen LogP contribution >= 0.6 is 0 Å². The van der Waals surface area contributed by atoms with Crippen molar-refractivity contribution in [2.45, 2.75) is 11.8 Å². The van der Waals surface area contributed by atoms with Gasteiger partial charge in [-0.05, 0) is 21.6 Å². The zero-order valence-corrected chi connectivity index (χ0v) is 10.3. The molecule has 0 amide bonds. The Morgan fingerprint density at radius 3 is 2.67 bits per heavy atom. The predicted octanol–water partition coefficient (Wildman–Crippen LogP) is 2.93. The average molecular weight is 232 g/mol. The summed E-state index contributed by atoms with van der Waals surface area (Å²) in [5.41, 5.74) is 2.82. The first kappa shape index (κ1) is 11.0. The Kier molecular flexibility index (Phi) is 2.64. The molecule has 0 bridgehead atoms. The molecule has 1 aromatic rings. The molecule has 2 unspecified atom stereocenters. The Hall–Kier alpha value is -2.08. The second-order valence-corrected chi connectivity index (χ2v) is 4.70. The van der Waals surface area contributed by atoms with Crippen molar-refractivity contribution in [3.05, 3.63) is 83.3 Å². The molecule has 2 atom stereocenters. The van der Waals surface area contributed by atoms with Crippen LogP contribution in [-0.4, -0.2) is 0 Å².